The van der Waals surface area contributed by atoms with E-state index in [1.54, 1.807) is 47.4 Å². The summed E-state index contributed by atoms with van der Waals surface area (Å²) in [5, 5.41) is 2.85. The zero-order chi connectivity index (χ0) is 27.0. The second kappa shape index (κ2) is 12.9. The molecule has 9 heteroatoms. The predicted molar refractivity (Wildman–Crippen MR) is 145 cm³/mol. The van der Waals surface area contributed by atoms with Gasteiger partial charge in [0.1, 0.15) is 4.75 Å². The molecule has 0 spiro atoms. The van der Waals surface area contributed by atoms with Gasteiger partial charge in [0.25, 0.3) is 0 Å². The number of ketones is 1. The molecule has 1 heterocycles. The van der Waals surface area contributed by atoms with Crippen LogP contribution in [0.25, 0.3) is 0 Å². The molecule has 3 N–H and O–H groups in total. The van der Waals surface area contributed by atoms with Crippen LogP contribution in [0, 0.1) is 0 Å². The number of nitrogens with two attached hydrogens (primary N) is 1. The molecule has 0 radical (unpaired) electrons. The van der Waals surface area contributed by atoms with E-state index in [0.717, 1.165) is 5.56 Å². The van der Waals surface area contributed by atoms with Crippen molar-refractivity contribution in [3.63, 3.8) is 0 Å². The van der Waals surface area contributed by atoms with E-state index in [9.17, 15) is 18.4 Å². The van der Waals surface area contributed by atoms with E-state index in [-0.39, 0.29) is 12.8 Å². The van der Waals surface area contributed by atoms with Crippen molar-refractivity contribution in [3.05, 3.63) is 108 Å². The number of urea groups is 1. The third-order valence-corrected chi connectivity index (χ3v) is 8.03. The summed E-state index contributed by atoms with van der Waals surface area (Å²) in [4.78, 5) is 29.3. The van der Waals surface area contributed by atoms with Crippen LogP contribution in [0.4, 0.5) is 4.79 Å². The van der Waals surface area contributed by atoms with Crippen molar-refractivity contribution >= 4 is 22.9 Å². The Morgan fingerprint density at radius 2 is 1.50 bits per heavy atom. The monoisotopic (exact) mass is 534 g/mol. The maximum Gasteiger partial charge on any atom is 0.318 e. The number of hydrogen-bond donors (Lipinski definition) is 2. The van der Waals surface area contributed by atoms with Gasteiger partial charge in [-0.1, -0.05) is 91.0 Å². The number of benzene rings is 3. The highest BCUT2D eigenvalue weighted by Crippen LogP contribution is 2.38. The van der Waals surface area contributed by atoms with E-state index in [2.05, 4.69) is 5.32 Å². The summed E-state index contributed by atoms with van der Waals surface area (Å²) in [6, 6.07) is 24.4. The molecule has 8 nitrogen and oxygen atoms in total. The lowest BCUT2D eigenvalue weighted by molar-refractivity contribution is -0.124. The minimum atomic E-state index is -2.90. The minimum absolute atomic E-state index is 0.127. The molecule has 2 amide bonds. The lowest BCUT2D eigenvalue weighted by atomic mass is 9.81. The van der Waals surface area contributed by atoms with Crippen LogP contribution < -0.4 is 11.1 Å². The average Bonchev–Trinajstić information content (AvgIpc) is 2.97. The number of amides is 2. The van der Waals surface area contributed by atoms with Gasteiger partial charge in [-0.25, -0.2) is 4.79 Å². The van der Waals surface area contributed by atoms with Crippen LogP contribution in [0.3, 0.4) is 0 Å². The summed E-state index contributed by atoms with van der Waals surface area (Å²) in [6.07, 6.45) is -0.0587. The van der Waals surface area contributed by atoms with Crippen molar-refractivity contribution in [1.29, 1.82) is 0 Å². The molecule has 3 aromatic carbocycles. The first-order valence-corrected chi connectivity index (χ1v) is 13.7. The van der Waals surface area contributed by atoms with Gasteiger partial charge in [0, 0.05) is 19.1 Å². The molecule has 0 aromatic heterocycles. The first-order valence-electron chi connectivity index (χ1n) is 12.6. The molecule has 38 heavy (non-hydrogen) atoms. The third-order valence-electron chi connectivity index (χ3n) is 6.85. The molecule has 3 aromatic rings. The van der Waals surface area contributed by atoms with E-state index < -0.39 is 39.7 Å². The summed E-state index contributed by atoms with van der Waals surface area (Å²) in [5.74, 6) is -0.631. The van der Waals surface area contributed by atoms with Crippen molar-refractivity contribution in [2.75, 3.05) is 26.3 Å². The highest BCUT2D eigenvalue weighted by molar-refractivity contribution is 7.81. The van der Waals surface area contributed by atoms with E-state index in [0.29, 0.717) is 37.4 Å². The quantitative estimate of drug-likeness (QED) is 0.385. The van der Waals surface area contributed by atoms with Gasteiger partial charge in [-0.3, -0.25) is 9.00 Å². The molecule has 1 aliphatic rings. The van der Waals surface area contributed by atoms with Crippen molar-refractivity contribution in [1.82, 2.24) is 10.2 Å². The lowest BCUT2D eigenvalue weighted by Crippen LogP contribution is -2.57. The number of carbonyl (C=O) groups is 2. The maximum atomic E-state index is 14.5. The van der Waals surface area contributed by atoms with E-state index in [1.807, 2.05) is 48.5 Å². The molecule has 4 atom stereocenters. The van der Waals surface area contributed by atoms with Gasteiger partial charge in [0.15, 0.2) is 5.78 Å². The first-order chi connectivity index (χ1) is 18.4. The Morgan fingerprint density at radius 1 is 0.947 bits per heavy atom. The average molecular weight is 535 g/mol. The van der Waals surface area contributed by atoms with E-state index in [4.69, 9.17) is 10.5 Å². The van der Waals surface area contributed by atoms with Crippen molar-refractivity contribution in [3.8, 4) is 0 Å². The molecule has 0 aliphatic carbocycles. The second-order valence-electron chi connectivity index (χ2n) is 9.30. The van der Waals surface area contributed by atoms with Gasteiger partial charge >= 0.3 is 6.03 Å². The zero-order valence-corrected chi connectivity index (χ0v) is 21.8. The van der Waals surface area contributed by atoms with Crippen LogP contribution in [-0.2, 0) is 31.8 Å². The lowest BCUT2D eigenvalue weighted by Gasteiger charge is -2.40. The van der Waals surface area contributed by atoms with Crippen molar-refractivity contribution < 1.29 is 23.1 Å². The van der Waals surface area contributed by atoms with E-state index >= 15 is 0 Å². The molecular weight excluding hydrogens is 502 g/mol. The van der Waals surface area contributed by atoms with Crippen molar-refractivity contribution in [2.45, 2.75) is 29.7 Å². The number of nitrogens with one attached hydrogen (secondary N) is 1. The molecule has 1 aliphatic heterocycles. The minimum Gasteiger partial charge on any atom is -0.771 e. The highest BCUT2D eigenvalue weighted by Gasteiger charge is 2.47. The Kier molecular flexibility index (Phi) is 9.41. The number of nitrogens with zero attached hydrogens (tertiary/aromatic N) is 1. The second-order valence-corrected chi connectivity index (χ2v) is 10.5. The largest absolute Gasteiger partial charge is 0.771 e. The van der Waals surface area contributed by atoms with Crippen LogP contribution in [0.15, 0.2) is 91.0 Å². The summed E-state index contributed by atoms with van der Waals surface area (Å²) < 4.78 is 29.7. The van der Waals surface area contributed by atoms with Gasteiger partial charge in [-0.2, -0.15) is 0 Å². The Morgan fingerprint density at radius 3 is 2.08 bits per heavy atom. The fourth-order valence-electron chi connectivity index (χ4n) is 4.79. The molecule has 4 rings (SSSR count). The number of rotatable bonds is 10. The Bertz CT molecular complexity index is 1220. The molecule has 0 bridgehead atoms. The Balaban J connectivity index is 1.75. The summed E-state index contributed by atoms with van der Waals surface area (Å²) in [5.41, 5.74) is 8.34. The summed E-state index contributed by atoms with van der Waals surface area (Å²) >= 11 is -2.90. The third kappa shape index (κ3) is 6.36. The topological polar surface area (TPSA) is 125 Å². The fraction of sp³-hybridized carbons (Fsp3) is 0.310. The van der Waals surface area contributed by atoms with Gasteiger partial charge in [-0.05, 0) is 40.6 Å². The van der Waals surface area contributed by atoms with Crippen LogP contribution >= 0.6 is 0 Å². The Hall–Kier alpha value is -3.37. The van der Waals surface area contributed by atoms with Gasteiger partial charge in [0.2, 0.25) is 0 Å². The standard InChI is InChI=1S/C29H33N3O5S/c30-25(23-12-6-2-7-13-23)21-29(38(35)36,24-14-8-3-9-15-24)27(33)26(20-22-10-4-1-5-11-22)31-28(34)32-16-18-37-19-17-32/h1-15,25-26H,16-21,30H2,(H,31,34)(H,35,36)/p-1/t25?,26-,29?/m0/s1. The first kappa shape index (κ1) is 27.7. The molecular formula is C29H32N3O5S-. The summed E-state index contributed by atoms with van der Waals surface area (Å²) in [7, 11) is 0. The Labute approximate surface area is 225 Å². The predicted octanol–water partition coefficient (Wildman–Crippen LogP) is 3.07. The van der Waals surface area contributed by atoms with Crippen LogP contribution in [0.5, 0.6) is 0 Å². The van der Waals surface area contributed by atoms with Crippen LogP contribution in [-0.4, -0.2) is 57.8 Å². The van der Waals surface area contributed by atoms with Crippen LogP contribution in [0.1, 0.15) is 29.2 Å². The van der Waals surface area contributed by atoms with E-state index in [1.165, 1.54) is 0 Å². The molecule has 1 saturated heterocycles. The van der Waals surface area contributed by atoms with Crippen molar-refractivity contribution in [2.24, 2.45) is 5.73 Å². The highest BCUT2D eigenvalue weighted by atomic mass is 32.2. The smallest absolute Gasteiger partial charge is 0.318 e. The fourth-order valence-corrected chi connectivity index (χ4v) is 5.74. The maximum absolute atomic E-state index is 14.5. The van der Waals surface area contributed by atoms with Gasteiger partial charge in [0.05, 0.1) is 19.3 Å². The molecule has 0 saturated carbocycles. The van der Waals surface area contributed by atoms with Gasteiger partial charge < -0.3 is 25.2 Å². The van der Waals surface area contributed by atoms with Gasteiger partial charge in [-0.15, -0.1) is 0 Å². The zero-order valence-electron chi connectivity index (χ0n) is 21.0. The SMILES string of the molecule is NC(CC(C(=O)[C@H](Cc1ccccc1)NC(=O)N1CCOCC1)(c1ccccc1)S(=O)[O-])c1ccccc1. The number of ether oxygens (including phenoxy) is 1. The molecule has 3 unspecified atom stereocenters. The van der Waals surface area contributed by atoms with Crippen LogP contribution in [0.2, 0.25) is 0 Å². The molecule has 200 valence electrons. The number of morpholine rings is 1. The number of Topliss-reactive ketones (excluding diaryl/α,β-unsaturated/α-hetero) is 1. The summed E-state index contributed by atoms with van der Waals surface area (Å²) in [6.45, 7) is 1.56. The normalized spacial score (nSPS) is 17.6. The number of carbonyl (C=O) groups excluding carboxylic acids is 2. The number of hydrogen-bond acceptors (Lipinski definition) is 6. The molecule has 1 fully saturated rings.